The summed E-state index contributed by atoms with van der Waals surface area (Å²) in [5, 5.41) is 0.476. The van der Waals surface area contributed by atoms with Gasteiger partial charge in [-0.15, -0.1) is 0 Å². The van der Waals surface area contributed by atoms with Crippen molar-refractivity contribution in [1.82, 2.24) is 4.98 Å². The van der Waals surface area contributed by atoms with Crippen molar-refractivity contribution in [3.8, 4) is 28.7 Å². The summed E-state index contributed by atoms with van der Waals surface area (Å²) in [5.41, 5.74) is 0.528. The zero-order valence-corrected chi connectivity index (χ0v) is 14.6. The van der Waals surface area contributed by atoms with Gasteiger partial charge >= 0.3 is 18.2 Å². The molecule has 150 valence electrons. The molecule has 0 aliphatic carbocycles. The molecule has 0 atom stereocenters. The molecule has 0 unspecified atom stereocenters. The van der Waals surface area contributed by atoms with Crippen LogP contribution in [0.4, 0.5) is 17.6 Å². The average Bonchev–Trinajstić information content (AvgIpc) is 2.62. The van der Waals surface area contributed by atoms with E-state index in [9.17, 15) is 22.4 Å². The zero-order valence-electron chi connectivity index (χ0n) is 14.6. The molecule has 3 aromatic rings. The van der Waals surface area contributed by atoms with Crippen LogP contribution in [-0.4, -0.2) is 23.2 Å². The number of fused-ring (bicyclic) bond motifs is 2. The first-order valence-electron chi connectivity index (χ1n) is 8.17. The van der Waals surface area contributed by atoms with Gasteiger partial charge in [0, 0.05) is 24.6 Å². The third-order valence-corrected chi connectivity index (χ3v) is 3.89. The molecule has 0 spiro atoms. The molecule has 1 aromatic heterocycles. The van der Waals surface area contributed by atoms with Crippen LogP contribution in [-0.2, 0) is 4.79 Å². The van der Waals surface area contributed by atoms with E-state index >= 15 is 0 Å². The number of carbonyl (C=O) groups is 1. The summed E-state index contributed by atoms with van der Waals surface area (Å²) in [6.07, 6.45) is -8.15. The van der Waals surface area contributed by atoms with Crippen LogP contribution in [0.25, 0.3) is 10.9 Å². The molecule has 10 heteroatoms. The molecule has 0 saturated heterocycles. The van der Waals surface area contributed by atoms with Gasteiger partial charge in [-0.1, -0.05) is 0 Å². The van der Waals surface area contributed by atoms with E-state index in [0.717, 1.165) is 12.1 Å². The number of pyridine rings is 1. The summed E-state index contributed by atoms with van der Waals surface area (Å²) >= 11 is 0. The topological polar surface area (TPSA) is 66.9 Å². The van der Waals surface area contributed by atoms with Gasteiger partial charge in [0.1, 0.15) is 17.2 Å². The van der Waals surface area contributed by atoms with Crippen LogP contribution < -0.4 is 18.9 Å². The molecule has 0 radical (unpaired) electrons. The van der Waals surface area contributed by atoms with Crippen molar-refractivity contribution in [1.29, 1.82) is 0 Å². The number of aromatic nitrogens is 1. The highest BCUT2D eigenvalue weighted by atomic mass is 19.3. The normalized spacial score (nSPS) is 16.3. The van der Waals surface area contributed by atoms with Crippen molar-refractivity contribution in [2.24, 2.45) is 0 Å². The maximum Gasteiger partial charge on any atom is 0.507 e. The largest absolute Gasteiger partial charge is 0.507 e. The highest BCUT2D eigenvalue weighted by Crippen LogP contribution is 2.48. The van der Waals surface area contributed by atoms with Crippen LogP contribution >= 0.6 is 0 Å². The van der Waals surface area contributed by atoms with E-state index in [1.165, 1.54) is 31.3 Å². The number of esters is 1. The van der Waals surface area contributed by atoms with Crippen LogP contribution in [0.1, 0.15) is 6.92 Å². The van der Waals surface area contributed by atoms with Crippen LogP contribution in [0.5, 0.6) is 28.7 Å². The van der Waals surface area contributed by atoms with Gasteiger partial charge in [-0.2, -0.15) is 17.6 Å². The monoisotopic (exact) mass is 409 g/mol. The van der Waals surface area contributed by atoms with Gasteiger partial charge in [0.05, 0.1) is 5.52 Å². The molecule has 0 amide bonds. The van der Waals surface area contributed by atoms with Crippen LogP contribution in [0, 0.1) is 0 Å². The minimum absolute atomic E-state index is 0.0330. The summed E-state index contributed by atoms with van der Waals surface area (Å²) < 4.78 is 72.0. The molecule has 1 aliphatic rings. The van der Waals surface area contributed by atoms with Gasteiger partial charge in [-0.3, -0.25) is 9.78 Å². The Morgan fingerprint density at radius 1 is 0.931 bits per heavy atom. The molecular formula is C19H11F4NO5. The summed E-state index contributed by atoms with van der Waals surface area (Å²) in [5.74, 6) is -1.11. The molecule has 0 bridgehead atoms. The number of benzene rings is 2. The van der Waals surface area contributed by atoms with E-state index in [1.54, 1.807) is 12.1 Å². The van der Waals surface area contributed by atoms with E-state index in [4.69, 9.17) is 9.47 Å². The van der Waals surface area contributed by atoms with E-state index in [2.05, 4.69) is 14.5 Å². The molecule has 29 heavy (non-hydrogen) atoms. The minimum Gasteiger partial charge on any atom is -0.457 e. The number of halogens is 4. The van der Waals surface area contributed by atoms with Crippen molar-refractivity contribution in [2.75, 3.05) is 0 Å². The molecule has 6 nitrogen and oxygen atoms in total. The standard InChI is InChI=1S/C19H11F4NO5/c1-10(25)26-15-6-7-24-14-4-2-11(8-13(14)15)27-12-3-5-16-17(9-12)29-19(22,23)18(20,21)28-16/h2-9H,1H3. The lowest BCUT2D eigenvalue weighted by molar-refractivity contribution is -0.391. The van der Waals surface area contributed by atoms with Crippen molar-refractivity contribution < 1.29 is 41.3 Å². The Kier molecular flexibility index (Phi) is 4.21. The first-order chi connectivity index (χ1) is 13.6. The number of nitrogens with zero attached hydrogens (tertiary/aromatic N) is 1. The van der Waals surface area contributed by atoms with Gasteiger partial charge < -0.3 is 18.9 Å². The second kappa shape index (κ2) is 6.50. The van der Waals surface area contributed by atoms with Crippen molar-refractivity contribution >= 4 is 16.9 Å². The Morgan fingerprint density at radius 2 is 1.59 bits per heavy atom. The molecule has 1 aliphatic heterocycles. The summed E-state index contributed by atoms with van der Waals surface area (Å²) in [6.45, 7) is 1.25. The second-order valence-corrected chi connectivity index (χ2v) is 6.03. The second-order valence-electron chi connectivity index (χ2n) is 6.03. The summed E-state index contributed by atoms with van der Waals surface area (Å²) in [7, 11) is 0. The fourth-order valence-electron chi connectivity index (χ4n) is 2.65. The highest BCUT2D eigenvalue weighted by Gasteiger charge is 2.65. The number of hydrogen-bond acceptors (Lipinski definition) is 6. The molecular weight excluding hydrogens is 398 g/mol. The lowest BCUT2D eigenvalue weighted by atomic mass is 10.2. The number of alkyl halides is 4. The van der Waals surface area contributed by atoms with Gasteiger partial charge in [0.15, 0.2) is 11.5 Å². The number of carbonyl (C=O) groups excluding carboxylic acids is 1. The maximum atomic E-state index is 13.4. The molecule has 0 fully saturated rings. The van der Waals surface area contributed by atoms with Gasteiger partial charge in [-0.05, 0) is 36.4 Å². The van der Waals surface area contributed by atoms with Crippen molar-refractivity contribution in [3.05, 3.63) is 48.7 Å². The SMILES string of the molecule is CC(=O)Oc1ccnc2ccc(Oc3ccc4c(c3)OC(F)(F)C(F)(F)O4)cc12. The fraction of sp³-hybridized carbons (Fsp3) is 0.158. The average molecular weight is 409 g/mol. The van der Waals surface area contributed by atoms with E-state index in [1.807, 2.05) is 0 Å². The molecule has 2 heterocycles. The third-order valence-electron chi connectivity index (χ3n) is 3.89. The predicted molar refractivity (Wildman–Crippen MR) is 90.7 cm³/mol. The predicted octanol–water partition coefficient (Wildman–Crippen LogP) is 4.91. The summed E-state index contributed by atoms with van der Waals surface area (Å²) in [4.78, 5) is 15.4. The van der Waals surface area contributed by atoms with E-state index < -0.39 is 29.7 Å². The highest BCUT2D eigenvalue weighted by molar-refractivity contribution is 5.88. The Bertz CT molecular complexity index is 1120. The van der Waals surface area contributed by atoms with Crippen LogP contribution in [0.2, 0.25) is 0 Å². The molecule has 0 saturated carbocycles. The number of rotatable bonds is 3. The molecule has 4 rings (SSSR count). The Hall–Kier alpha value is -3.56. The van der Waals surface area contributed by atoms with Gasteiger partial charge in [-0.25, -0.2) is 0 Å². The van der Waals surface area contributed by atoms with E-state index in [0.29, 0.717) is 10.9 Å². The summed E-state index contributed by atoms with van der Waals surface area (Å²) in [6, 6.07) is 9.46. The zero-order chi connectivity index (χ0) is 20.8. The quantitative estimate of drug-likeness (QED) is 0.452. The maximum absolute atomic E-state index is 13.4. The van der Waals surface area contributed by atoms with E-state index in [-0.39, 0.29) is 17.2 Å². The molecule has 2 aromatic carbocycles. The fourth-order valence-corrected chi connectivity index (χ4v) is 2.65. The van der Waals surface area contributed by atoms with Gasteiger partial charge in [0.25, 0.3) is 0 Å². The first kappa shape index (κ1) is 18.8. The first-order valence-corrected chi connectivity index (χ1v) is 8.17. The van der Waals surface area contributed by atoms with Crippen molar-refractivity contribution in [3.63, 3.8) is 0 Å². The Balaban J connectivity index is 1.65. The lowest BCUT2D eigenvalue weighted by Gasteiger charge is -2.31. The lowest BCUT2D eigenvalue weighted by Crippen LogP contribution is -2.52. The smallest absolute Gasteiger partial charge is 0.457 e. The Labute approximate surface area is 160 Å². The minimum atomic E-state index is -4.83. The van der Waals surface area contributed by atoms with Crippen LogP contribution in [0.15, 0.2) is 48.7 Å². The number of hydrogen-bond donors (Lipinski definition) is 0. The van der Waals surface area contributed by atoms with Crippen molar-refractivity contribution in [2.45, 2.75) is 19.1 Å². The Morgan fingerprint density at radius 3 is 2.31 bits per heavy atom. The van der Waals surface area contributed by atoms with Crippen LogP contribution in [0.3, 0.4) is 0 Å². The third kappa shape index (κ3) is 3.48. The molecule has 0 N–H and O–H groups in total. The van der Waals surface area contributed by atoms with Gasteiger partial charge in [0.2, 0.25) is 0 Å². The number of ether oxygens (including phenoxy) is 4.